The summed E-state index contributed by atoms with van der Waals surface area (Å²) in [5, 5.41) is 2.69. The van der Waals surface area contributed by atoms with Gasteiger partial charge in [0, 0.05) is 18.4 Å². The van der Waals surface area contributed by atoms with Crippen molar-refractivity contribution in [1.82, 2.24) is 9.79 Å². The van der Waals surface area contributed by atoms with Gasteiger partial charge in [0.05, 0.1) is 11.8 Å². The van der Waals surface area contributed by atoms with Crippen LogP contribution in [0.1, 0.15) is 29.3 Å². The molecule has 0 saturated carbocycles. The lowest BCUT2D eigenvalue weighted by atomic mass is 9.93. The first kappa shape index (κ1) is 16.4. The van der Waals surface area contributed by atoms with Crippen LogP contribution >= 0.6 is 0 Å². The Labute approximate surface area is 141 Å². The van der Waals surface area contributed by atoms with Gasteiger partial charge in [0.25, 0.3) is 5.91 Å². The quantitative estimate of drug-likeness (QED) is 0.884. The maximum Gasteiger partial charge on any atom is 0.258 e. The number of nitrogens with zero attached hydrogens (tertiary/aromatic N) is 2. The lowest BCUT2D eigenvalue weighted by molar-refractivity contribution is 0.102. The number of pyridine rings is 1. The maximum absolute atomic E-state index is 13.6. The lowest BCUT2D eigenvalue weighted by Gasteiger charge is -2.27. The van der Waals surface area contributed by atoms with Gasteiger partial charge in [-0.2, -0.15) is 0 Å². The summed E-state index contributed by atoms with van der Waals surface area (Å²) < 4.78 is 13.6. The molecule has 0 bridgehead atoms. The van der Waals surface area contributed by atoms with Crippen LogP contribution < -0.4 is 5.32 Å². The minimum Gasteiger partial charge on any atom is -0.350 e. The van der Waals surface area contributed by atoms with Crippen molar-refractivity contribution in [3.8, 4) is 0 Å². The average Bonchev–Trinajstić information content (AvgIpc) is 2.58. The zero-order valence-electron chi connectivity index (χ0n) is 13.4. The molecule has 1 aliphatic heterocycles. The number of amides is 1. The zero-order chi connectivity index (χ0) is 17.1. The number of halogens is 1. The van der Waals surface area contributed by atoms with Crippen LogP contribution in [0.15, 0.2) is 48.3 Å². The predicted octanol–water partition coefficient (Wildman–Crippen LogP) is 3.04. The van der Waals surface area contributed by atoms with Crippen molar-refractivity contribution >= 4 is 25.1 Å². The molecule has 0 aliphatic carbocycles. The number of rotatable bonds is 3. The number of nitrogens with one attached hydrogen (secondary N) is 1. The highest BCUT2D eigenvalue weighted by atomic mass is 19.1. The summed E-state index contributed by atoms with van der Waals surface area (Å²) in [6.45, 7) is 3.69. The highest BCUT2D eigenvalue weighted by Crippen LogP contribution is 2.26. The predicted molar refractivity (Wildman–Crippen MR) is 93.1 cm³/mol. The first-order valence-electron chi connectivity index (χ1n) is 7.74. The van der Waals surface area contributed by atoms with Crippen molar-refractivity contribution < 1.29 is 9.18 Å². The maximum atomic E-state index is 13.6. The molecule has 1 aromatic heterocycles. The molecule has 0 unspecified atom stereocenters. The average molecular weight is 321 g/mol. The van der Waals surface area contributed by atoms with Gasteiger partial charge < -0.3 is 10.1 Å². The second-order valence-corrected chi connectivity index (χ2v) is 5.87. The monoisotopic (exact) mass is 321 g/mol. The summed E-state index contributed by atoms with van der Waals surface area (Å²) in [5.74, 6) is -1.14. The molecule has 0 spiro atoms. The first-order chi connectivity index (χ1) is 11.5. The molecule has 120 valence electrons. The Hall–Kier alpha value is -2.47. The molecule has 2 heterocycles. The van der Waals surface area contributed by atoms with E-state index in [0.29, 0.717) is 12.2 Å². The van der Waals surface area contributed by atoms with Crippen molar-refractivity contribution in [2.45, 2.75) is 13.3 Å². The summed E-state index contributed by atoms with van der Waals surface area (Å²) in [5.41, 5.74) is 4.20. The van der Waals surface area contributed by atoms with E-state index in [1.165, 1.54) is 23.4 Å². The zero-order valence-corrected chi connectivity index (χ0v) is 13.4. The molecule has 0 saturated heterocycles. The normalized spacial score (nSPS) is 15.4. The molecule has 4 nitrogen and oxygen atoms in total. The molecule has 1 amide bonds. The molecular weight excluding hydrogens is 304 g/mol. The fraction of sp³-hybridized carbons (Fsp3) is 0.222. The van der Waals surface area contributed by atoms with Gasteiger partial charge in [0.2, 0.25) is 0 Å². The second kappa shape index (κ2) is 6.97. The Morgan fingerprint density at radius 3 is 2.75 bits per heavy atom. The van der Waals surface area contributed by atoms with Gasteiger partial charge in [0.1, 0.15) is 0 Å². The van der Waals surface area contributed by atoms with E-state index in [-0.39, 0.29) is 5.56 Å². The van der Waals surface area contributed by atoms with Crippen molar-refractivity contribution in [2.75, 3.05) is 18.4 Å². The minimum absolute atomic E-state index is 0.0290. The summed E-state index contributed by atoms with van der Waals surface area (Å²) in [6.07, 6.45) is 3.36. The number of anilines is 1. The number of carbonyl (C=O) groups excluding carboxylic acids is 1. The van der Waals surface area contributed by atoms with Gasteiger partial charge in [0.15, 0.2) is 13.8 Å². The molecule has 0 atom stereocenters. The van der Waals surface area contributed by atoms with E-state index in [1.807, 2.05) is 24.3 Å². The molecule has 6 heteroatoms. The van der Waals surface area contributed by atoms with E-state index in [4.69, 9.17) is 7.98 Å². The Bertz CT molecular complexity index is 789. The highest BCUT2D eigenvalue weighted by Gasteiger charge is 2.15. The first-order valence-corrected chi connectivity index (χ1v) is 7.74. The highest BCUT2D eigenvalue weighted by molar-refractivity contribution is 6.05. The van der Waals surface area contributed by atoms with Crippen molar-refractivity contribution in [2.24, 2.45) is 0 Å². The van der Waals surface area contributed by atoms with Gasteiger partial charge in [-0.15, -0.1) is 0 Å². The Morgan fingerprint density at radius 2 is 2.04 bits per heavy atom. The van der Waals surface area contributed by atoms with E-state index in [1.54, 1.807) is 4.81 Å². The number of hydrogen-bond acceptors (Lipinski definition) is 3. The molecule has 2 radical (unpaired) electrons. The summed E-state index contributed by atoms with van der Waals surface area (Å²) in [7, 11) is 5.90. The van der Waals surface area contributed by atoms with E-state index < -0.39 is 11.7 Å². The molecule has 1 N–H and O–H groups in total. The summed E-state index contributed by atoms with van der Waals surface area (Å²) >= 11 is 0. The molecule has 3 rings (SSSR count). The van der Waals surface area contributed by atoms with Crippen molar-refractivity contribution in [3.63, 3.8) is 0 Å². The van der Waals surface area contributed by atoms with Crippen molar-refractivity contribution in [1.29, 1.82) is 0 Å². The molecular formula is C18H17BFN3O. The third kappa shape index (κ3) is 3.54. The van der Waals surface area contributed by atoms with Crippen molar-refractivity contribution in [3.05, 3.63) is 65.2 Å². The Morgan fingerprint density at radius 1 is 1.29 bits per heavy atom. The third-order valence-corrected chi connectivity index (χ3v) is 4.16. The summed E-state index contributed by atoms with van der Waals surface area (Å²) in [6, 6.07) is 8.85. The third-order valence-electron chi connectivity index (χ3n) is 4.16. The van der Waals surface area contributed by atoms with Gasteiger partial charge in [-0.1, -0.05) is 17.7 Å². The fourth-order valence-electron chi connectivity index (χ4n) is 2.73. The van der Waals surface area contributed by atoms with Crippen LogP contribution in [0, 0.1) is 5.82 Å². The van der Waals surface area contributed by atoms with Crippen LogP contribution in [0.4, 0.5) is 10.1 Å². The lowest BCUT2D eigenvalue weighted by Crippen LogP contribution is -2.28. The fourth-order valence-corrected chi connectivity index (χ4v) is 2.73. The molecule has 2 aromatic rings. The van der Waals surface area contributed by atoms with Gasteiger partial charge >= 0.3 is 0 Å². The standard InChI is InChI=1S/C18H17BFN3O/c1-12-7-9-23(19)11-16(12)13-2-4-14(5-3-13)22-18(24)15-6-8-21-10-17(15)20/h2-6,8,10H,7,9,11H2,1H3,(H,22,24). The summed E-state index contributed by atoms with van der Waals surface area (Å²) in [4.78, 5) is 17.5. The van der Waals surface area contributed by atoms with Crippen LogP contribution in [0.25, 0.3) is 5.57 Å². The van der Waals surface area contributed by atoms with E-state index >= 15 is 0 Å². The van der Waals surface area contributed by atoms with Crippen LogP contribution in [0.2, 0.25) is 0 Å². The van der Waals surface area contributed by atoms with Crippen LogP contribution in [0.5, 0.6) is 0 Å². The van der Waals surface area contributed by atoms with Crippen LogP contribution in [0.3, 0.4) is 0 Å². The molecule has 1 aliphatic rings. The second-order valence-electron chi connectivity index (χ2n) is 5.87. The molecule has 1 aromatic carbocycles. The number of benzene rings is 1. The number of aromatic nitrogens is 1. The van der Waals surface area contributed by atoms with E-state index in [9.17, 15) is 9.18 Å². The Balaban J connectivity index is 1.76. The molecule has 0 fully saturated rings. The van der Waals surface area contributed by atoms with E-state index in [2.05, 4.69) is 17.2 Å². The largest absolute Gasteiger partial charge is 0.350 e. The Kier molecular flexibility index (Phi) is 4.76. The van der Waals surface area contributed by atoms with Gasteiger partial charge in [-0.05, 0) is 49.2 Å². The minimum atomic E-state index is -0.641. The topological polar surface area (TPSA) is 45.2 Å². The smallest absolute Gasteiger partial charge is 0.258 e. The van der Waals surface area contributed by atoms with Gasteiger partial charge in [-0.25, -0.2) is 4.39 Å². The SMILES string of the molecule is [B]N1CCC(C)=C(c2ccc(NC(=O)c3ccncc3F)cc2)C1. The van der Waals surface area contributed by atoms with Crippen LogP contribution in [-0.2, 0) is 0 Å². The van der Waals surface area contributed by atoms with E-state index in [0.717, 1.165) is 24.7 Å². The van der Waals surface area contributed by atoms with Crippen LogP contribution in [-0.4, -0.2) is 36.8 Å². The number of hydrogen-bond donors (Lipinski definition) is 1. The molecule has 24 heavy (non-hydrogen) atoms. The van der Waals surface area contributed by atoms with Gasteiger partial charge in [-0.3, -0.25) is 9.78 Å². The number of carbonyl (C=O) groups is 1.